The lowest BCUT2D eigenvalue weighted by molar-refractivity contribution is 0.102. The third kappa shape index (κ3) is 3.45. The number of rotatable bonds is 2. The highest BCUT2D eigenvalue weighted by Crippen LogP contribution is 2.24. The molecule has 0 saturated carbocycles. The fraction of sp³-hybridized carbons (Fsp3) is 0.133. The number of anilines is 1. The number of hydrogen-bond donors (Lipinski definition) is 1. The van der Waals surface area contributed by atoms with Crippen LogP contribution in [0.25, 0.3) is 0 Å². The van der Waals surface area contributed by atoms with Crippen LogP contribution in [0.2, 0.25) is 0 Å². The second kappa shape index (κ2) is 5.88. The molecule has 2 aromatic rings. The molecular weight excluding hydrogens is 370 g/mol. The number of halogens is 2. The molecular formula is C15H13Br2NO. The van der Waals surface area contributed by atoms with Crippen molar-refractivity contribution in [2.45, 2.75) is 13.8 Å². The minimum Gasteiger partial charge on any atom is -0.321 e. The molecule has 19 heavy (non-hydrogen) atoms. The summed E-state index contributed by atoms with van der Waals surface area (Å²) >= 11 is 6.85. The van der Waals surface area contributed by atoms with Crippen LogP contribution in [0.15, 0.2) is 45.3 Å². The molecule has 0 fully saturated rings. The van der Waals surface area contributed by atoms with E-state index in [4.69, 9.17) is 0 Å². The van der Waals surface area contributed by atoms with Crippen LogP contribution in [-0.4, -0.2) is 5.91 Å². The van der Waals surface area contributed by atoms with E-state index in [1.807, 2.05) is 50.2 Å². The van der Waals surface area contributed by atoms with Gasteiger partial charge in [0.1, 0.15) is 0 Å². The minimum absolute atomic E-state index is 0.102. The molecule has 0 spiro atoms. The predicted octanol–water partition coefficient (Wildman–Crippen LogP) is 5.08. The summed E-state index contributed by atoms with van der Waals surface area (Å²) in [5.74, 6) is -0.102. The zero-order valence-corrected chi connectivity index (χ0v) is 13.8. The van der Waals surface area contributed by atoms with Crippen molar-refractivity contribution in [1.29, 1.82) is 0 Å². The van der Waals surface area contributed by atoms with Crippen LogP contribution in [0.5, 0.6) is 0 Å². The molecule has 0 atom stereocenters. The van der Waals surface area contributed by atoms with Crippen LogP contribution in [0.1, 0.15) is 21.5 Å². The molecule has 2 rings (SSSR count). The van der Waals surface area contributed by atoms with Gasteiger partial charge in [0.15, 0.2) is 0 Å². The molecule has 0 aliphatic carbocycles. The average molecular weight is 383 g/mol. The van der Waals surface area contributed by atoms with E-state index in [1.165, 1.54) is 0 Å². The van der Waals surface area contributed by atoms with E-state index in [0.29, 0.717) is 5.56 Å². The first-order valence-corrected chi connectivity index (χ1v) is 7.39. The molecule has 0 saturated heterocycles. The fourth-order valence-corrected chi connectivity index (χ4v) is 2.86. The SMILES string of the molecule is Cc1ccc(NC(=O)c2ccc(Br)cc2C)c(Br)c1. The number of hydrogen-bond acceptors (Lipinski definition) is 1. The molecule has 0 radical (unpaired) electrons. The summed E-state index contributed by atoms with van der Waals surface area (Å²) in [6.45, 7) is 3.93. The lowest BCUT2D eigenvalue weighted by Crippen LogP contribution is -2.13. The van der Waals surface area contributed by atoms with Crippen LogP contribution in [0.4, 0.5) is 5.69 Å². The molecule has 0 aliphatic heterocycles. The van der Waals surface area contributed by atoms with E-state index < -0.39 is 0 Å². The molecule has 4 heteroatoms. The van der Waals surface area contributed by atoms with Crippen LogP contribution in [-0.2, 0) is 0 Å². The Morgan fingerprint density at radius 3 is 2.42 bits per heavy atom. The smallest absolute Gasteiger partial charge is 0.255 e. The van der Waals surface area contributed by atoms with Crippen LogP contribution >= 0.6 is 31.9 Å². The average Bonchev–Trinajstić information content (AvgIpc) is 2.32. The number of carbonyl (C=O) groups is 1. The molecule has 0 unspecified atom stereocenters. The summed E-state index contributed by atoms with van der Waals surface area (Å²) in [5, 5.41) is 2.91. The monoisotopic (exact) mass is 381 g/mol. The van der Waals surface area contributed by atoms with Gasteiger partial charge in [-0.15, -0.1) is 0 Å². The van der Waals surface area contributed by atoms with Gasteiger partial charge in [-0.25, -0.2) is 0 Å². The maximum Gasteiger partial charge on any atom is 0.255 e. The first-order chi connectivity index (χ1) is 8.97. The Kier molecular flexibility index (Phi) is 4.42. The van der Waals surface area contributed by atoms with Crippen molar-refractivity contribution in [2.24, 2.45) is 0 Å². The van der Waals surface area contributed by atoms with Gasteiger partial charge in [-0.05, 0) is 71.2 Å². The summed E-state index contributed by atoms with van der Waals surface area (Å²) in [7, 11) is 0. The Hall–Kier alpha value is -1.13. The molecule has 1 N–H and O–H groups in total. The second-order valence-corrected chi connectivity index (χ2v) is 6.17. The molecule has 98 valence electrons. The first kappa shape index (κ1) is 14.3. The Bertz CT molecular complexity index is 638. The summed E-state index contributed by atoms with van der Waals surface area (Å²) in [6.07, 6.45) is 0. The van der Waals surface area contributed by atoms with Crippen LogP contribution < -0.4 is 5.32 Å². The van der Waals surface area contributed by atoms with Gasteiger partial charge < -0.3 is 5.32 Å². The summed E-state index contributed by atoms with van der Waals surface area (Å²) in [4.78, 5) is 12.2. The molecule has 0 heterocycles. The van der Waals surface area contributed by atoms with E-state index in [-0.39, 0.29) is 5.91 Å². The van der Waals surface area contributed by atoms with E-state index in [2.05, 4.69) is 37.2 Å². The second-order valence-electron chi connectivity index (χ2n) is 4.40. The Morgan fingerprint density at radius 1 is 1.05 bits per heavy atom. The molecule has 0 aliphatic rings. The van der Waals surface area contributed by atoms with Crippen molar-refractivity contribution < 1.29 is 4.79 Å². The minimum atomic E-state index is -0.102. The molecule has 2 aromatic carbocycles. The highest BCUT2D eigenvalue weighted by molar-refractivity contribution is 9.10. The standard InChI is InChI=1S/C15H13Br2NO/c1-9-3-6-14(13(17)7-9)18-15(19)12-5-4-11(16)8-10(12)2/h3-8H,1-2H3,(H,18,19). The first-order valence-electron chi connectivity index (χ1n) is 5.81. The summed E-state index contributed by atoms with van der Waals surface area (Å²) < 4.78 is 1.86. The van der Waals surface area contributed by atoms with Gasteiger partial charge in [-0.3, -0.25) is 4.79 Å². The maximum atomic E-state index is 12.2. The van der Waals surface area contributed by atoms with Crippen molar-refractivity contribution in [3.63, 3.8) is 0 Å². The third-order valence-corrected chi connectivity index (χ3v) is 3.96. The number of nitrogens with one attached hydrogen (secondary N) is 1. The zero-order chi connectivity index (χ0) is 14.0. The van der Waals surface area contributed by atoms with Gasteiger partial charge in [-0.2, -0.15) is 0 Å². The van der Waals surface area contributed by atoms with Gasteiger partial charge >= 0.3 is 0 Å². The van der Waals surface area contributed by atoms with Crippen molar-refractivity contribution in [2.75, 3.05) is 5.32 Å². The maximum absolute atomic E-state index is 12.2. The van der Waals surface area contributed by atoms with E-state index >= 15 is 0 Å². The molecule has 0 aromatic heterocycles. The van der Waals surface area contributed by atoms with Crippen molar-refractivity contribution in [3.05, 3.63) is 62.0 Å². The number of carbonyl (C=O) groups excluding carboxylic acids is 1. The van der Waals surface area contributed by atoms with Gasteiger partial charge in [0.25, 0.3) is 5.91 Å². The van der Waals surface area contributed by atoms with Crippen molar-refractivity contribution >= 4 is 43.5 Å². The Morgan fingerprint density at radius 2 is 1.79 bits per heavy atom. The Labute approximate surface area is 129 Å². The van der Waals surface area contributed by atoms with Gasteiger partial charge in [0.2, 0.25) is 0 Å². The van der Waals surface area contributed by atoms with E-state index in [9.17, 15) is 4.79 Å². The summed E-state index contributed by atoms with van der Waals surface area (Å²) in [6, 6.07) is 11.5. The van der Waals surface area contributed by atoms with E-state index in [0.717, 1.165) is 25.8 Å². The normalized spacial score (nSPS) is 10.3. The van der Waals surface area contributed by atoms with Crippen LogP contribution in [0.3, 0.4) is 0 Å². The summed E-state index contributed by atoms with van der Waals surface area (Å²) in [5.41, 5.74) is 3.54. The van der Waals surface area contributed by atoms with Gasteiger partial charge in [0.05, 0.1) is 5.69 Å². The topological polar surface area (TPSA) is 29.1 Å². The lowest BCUT2D eigenvalue weighted by atomic mass is 10.1. The lowest BCUT2D eigenvalue weighted by Gasteiger charge is -2.10. The van der Waals surface area contributed by atoms with E-state index in [1.54, 1.807) is 0 Å². The third-order valence-electron chi connectivity index (χ3n) is 2.81. The molecule has 1 amide bonds. The zero-order valence-electron chi connectivity index (χ0n) is 10.6. The number of amides is 1. The molecule has 0 bridgehead atoms. The number of aryl methyl sites for hydroxylation is 2. The largest absolute Gasteiger partial charge is 0.321 e. The molecule has 2 nitrogen and oxygen atoms in total. The highest BCUT2D eigenvalue weighted by Gasteiger charge is 2.11. The van der Waals surface area contributed by atoms with Crippen molar-refractivity contribution in [3.8, 4) is 0 Å². The fourth-order valence-electron chi connectivity index (χ4n) is 1.79. The van der Waals surface area contributed by atoms with Crippen molar-refractivity contribution in [1.82, 2.24) is 0 Å². The highest BCUT2D eigenvalue weighted by atomic mass is 79.9. The van der Waals surface area contributed by atoms with Gasteiger partial charge in [-0.1, -0.05) is 22.0 Å². The quantitative estimate of drug-likeness (QED) is 0.770. The number of benzene rings is 2. The predicted molar refractivity (Wildman–Crippen MR) is 85.7 cm³/mol. The Balaban J connectivity index is 2.25. The van der Waals surface area contributed by atoms with Gasteiger partial charge in [0, 0.05) is 14.5 Å². The van der Waals surface area contributed by atoms with Crippen LogP contribution in [0, 0.1) is 13.8 Å².